The van der Waals surface area contributed by atoms with Gasteiger partial charge in [0.2, 0.25) is 5.78 Å². The number of para-hydroxylation sites is 1. The van der Waals surface area contributed by atoms with E-state index < -0.39 is 4.92 Å². The van der Waals surface area contributed by atoms with E-state index in [4.69, 9.17) is 4.42 Å². The molecule has 0 radical (unpaired) electrons. The maximum Gasteiger partial charge on any atom is 0.283 e. The van der Waals surface area contributed by atoms with E-state index in [1.54, 1.807) is 42.7 Å². The van der Waals surface area contributed by atoms with Gasteiger partial charge < -0.3 is 4.42 Å². The summed E-state index contributed by atoms with van der Waals surface area (Å²) in [5, 5.41) is 12.7. The van der Waals surface area contributed by atoms with Gasteiger partial charge in [-0.2, -0.15) is 0 Å². The molecule has 2 aromatic carbocycles. The minimum Gasteiger partial charge on any atom is -0.453 e. The van der Waals surface area contributed by atoms with Crippen LogP contribution in [0.1, 0.15) is 16.1 Å². The molecule has 2 aromatic heterocycles. The molecule has 142 valence electrons. The van der Waals surface area contributed by atoms with Crippen molar-refractivity contribution in [1.82, 2.24) is 9.97 Å². The molecule has 0 amide bonds. The lowest BCUT2D eigenvalue weighted by atomic mass is 10.1. The summed E-state index contributed by atoms with van der Waals surface area (Å²) in [6.45, 7) is 0. The largest absolute Gasteiger partial charge is 0.453 e. The van der Waals surface area contributed by atoms with Crippen molar-refractivity contribution < 1.29 is 14.1 Å². The van der Waals surface area contributed by atoms with Gasteiger partial charge in [0.15, 0.2) is 10.9 Å². The fraction of sp³-hybridized carbons (Fsp3) is 0. The van der Waals surface area contributed by atoms with Gasteiger partial charge in [-0.05, 0) is 47.7 Å². The molecular formula is C21H13N3O4S. The number of carbonyl (C=O) groups excluding carboxylic acids is 1. The number of hydrogen-bond acceptors (Lipinski definition) is 7. The predicted molar refractivity (Wildman–Crippen MR) is 109 cm³/mol. The van der Waals surface area contributed by atoms with Crippen LogP contribution in [0, 0.1) is 10.1 Å². The highest BCUT2D eigenvalue weighted by Gasteiger charge is 2.16. The standard InChI is InChI=1S/C21H13N3O4S/c25-17(19-13-15-4-1-2-5-18(15)28-19)8-6-14-7-9-20(16(12-14)24(26)27)29-21-22-10-3-11-23-21/h1-13H/b8-6+. The van der Waals surface area contributed by atoms with Crippen molar-refractivity contribution in [1.29, 1.82) is 0 Å². The molecule has 0 atom stereocenters. The molecule has 0 bridgehead atoms. The Morgan fingerprint density at radius 2 is 1.86 bits per heavy atom. The average Bonchev–Trinajstić information content (AvgIpc) is 3.18. The Labute approximate surface area is 169 Å². The molecule has 0 aliphatic carbocycles. The summed E-state index contributed by atoms with van der Waals surface area (Å²) < 4.78 is 5.54. The molecule has 0 saturated carbocycles. The van der Waals surface area contributed by atoms with E-state index in [-0.39, 0.29) is 17.2 Å². The highest BCUT2D eigenvalue weighted by Crippen LogP contribution is 2.33. The van der Waals surface area contributed by atoms with Gasteiger partial charge in [0.05, 0.1) is 9.82 Å². The summed E-state index contributed by atoms with van der Waals surface area (Å²) >= 11 is 1.10. The predicted octanol–water partition coefficient (Wildman–Crippen LogP) is 5.18. The van der Waals surface area contributed by atoms with E-state index in [0.717, 1.165) is 17.1 Å². The second kappa shape index (κ2) is 8.07. The van der Waals surface area contributed by atoms with Gasteiger partial charge in [-0.3, -0.25) is 14.9 Å². The third kappa shape index (κ3) is 4.22. The van der Waals surface area contributed by atoms with E-state index in [9.17, 15) is 14.9 Å². The molecule has 4 aromatic rings. The quantitative estimate of drug-likeness (QED) is 0.144. The smallest absolute Gasteiger partial charge is 0.283 e. The summed E-state index contributed by atoms with van der Waals surface area (Å²) in [6.07, 6.45) is 6.00. The first-order valence-corrected chi connectivity index (χ1v) is 9.36. The van der Waals surface area contributed by atoms with E-state index in [0.29, 0.717) is 21.2 Å². The number of nitrogens with zero attached hydrogens (tertiary/aromatic N) is 3. The zero-order chi connectivity index (χ0) is 20.2. The van der Waals surface area contributed by atoms with Gasteiger partial charge in [-0.1, -0.05) is 30.3 Å². The fourth-order valence-electron chi connectivity index (χ4n) is 2.66. The number of carbonyl (C=O) groups is 1. The molecule has 0 spiro atoms. The third-order valence-electron chi connectivity index (χ3n) is 4.02. The molecule has 0 N–H and O–H groups in total. The molecule has 2 heterocycles. The molecule has 0 saturated heterocycles. The van der Waals surface area contributed by atoms with Crippen LogP contribution in [-0.4, -0.2) is 20.7 Å². The minimum absolute atomic E-state index is 0.0826. The van der Waals surface area contributed by atoms with E-state index in [2.05, 4.69) is 9.97 Å². The lowest BCUT2D eigenvalue weighted by molar-refractivity contribution is -0.387. The van der Waals surface area contributed by atoms with Gasteiger partial charge >= 0.3 is 0 Å². The number of fused-ring (bicyclic) bond motifs is 1. The zero-order valence-electron chi connectivity index (χ0n) is 14.9. The zero-order valence-corrected chi connectivity index (χ0v) is 15.7. The van der Waals surface area contributed by atoms with Crippen LogP contribution in [0.2, 0.25) is 0 Å². The van der Waals surface area contributed by atoms with Crippen LogP contribution in [0.15, 0.2) is 87.5 Å². The second-order valence-corrected chi connectivity index (χ2v) is 6.97. The summed E-state index contributed by atoms with van der Waals surface area (Å²) in [6, 6.07) is 15.4. The number of benzene rings is 2. The van der Waals surface area contributed by atoms with Gasteiger partial charge in [-0.25, -0.2) is 9.97 Å². The Bertz CT molecular complexity index is 1200. The first kappa shape index (κ1) is 18.6. The summed E-state index contributed by atoms with van der Waals surface area (Å²) in [5.41, 5.74) is 1.07. The topological polar surface area (TPSA) is 99.1 Å². The molecule has 0 aliphatic rings. The van der Waals surface area contributed by atoms with Gasteiger partial charge in [-0.15, -0.1) is 0 Å². The van der Waals surface area contributed by atoms with Gasteiger partial charge in [0.1, 0.15) is 5.58 Å². The number of nitro benzene ring substituents is 1. The van der Waals surface area contributed by atoms with Crippen LogP contribution in [0.3, 0.4) is 0 Å². The number of allylic oxidation sites excluding steroid dienone is 1. The number of aromatic nitrogens is 2. The van der Waals surface area contributed by atoms with Gasteiger partial charge in [0.25, 0.3) is 5.69 Å². The third-order valence-corrected chi connectivity index (χ3v) is 4.98. The highest BCUT2D eigenvalue weighted by atomic mass is 32.2. The normalized spacial score (nSPS) is 11.2. The number of nitro groups is 1. The van der Waals surface area contributed by atoms with E-state index >= 15 is 0 Å². The van der Waals surface area contributed by atoms with Crippen molar-refractivity contribution in [3.05, 3.63) is 94.5 Å². The van der Waals surface area contributed by atoms with Crippen LogP contribution in [0.4, 0.5) is 5.69 Å². The Kier molecular flexibility index (Phi) is 5.17. The molecule has 8 heteroatoms. The second-order valence-electron chi connectivity index (χ2n) is 5.96. The van der Waals surface area contributed by atoms with E-state index in [1.807, 2.05) is 18.2 Å². The summed E-state index contributed by atoms with van der Waals surface area (Å²) in [4.78, 5) is 31.9. The van der Waals surface area contributed by atoms with Crippen LogP contribution in [0.25, 0.3) is 17.0 Å². The Morgan fingerprint density at radius 3 is 2.62 bits per heavy atom. The molecular weight excluding hydrogens is 390 g/mol. The Morgan fingerprint density at radius 1 is 1.07 bits per heavy atom. The minimum atomic E-state index is -0.469. The Hall–Kier alpha value is -3.78. The van der Waals surface area contributed by atoms with Crippen molar-refractivity contribution in [2.75, 3.05) is 0 Å². The average molecular weight is 403 g/mol. The van der Waals surface area contributed by atoms with Crippen molar-refractivity contribution >= 4 is 40.3 Å². The van der Waals surface area contributed by atoms with E-state index in [1.165, 1.54) is 18.2 Å². The summed E-state index contributed by atoms with van der Waals surface area (Å²) in [5.74, 6) is -0.106. The van der Waals surface area contributed by atoms with Crippen molar-refractivity contribution in [2.24, 2.45) is 0 Å². The molecule has 0 unspecified atom stereocenters. The first-order chi connectivity index (χ1) is 14.1. The number of ketones is 1. The maximum atomic E-state index is 12.4. The first-order valence-electron chi connectivity index (χ1n) is 8.54. The lowest BCUT2D eigenvalue weighted by Crippen LogP contribution is -1.94. The fourth-order valence-corrected chi connectivity index (χ4v) is 3.46. The molecule has 7 nitrogen and oxygen atoms in total. The monoisotopic (exact) mass is 403 g/mol. The molecule has 0 fully saturated rings. The molecule has 0 aliphatic heterocycles. The van der Waals surface area contributed by atoms with Gasteiger partial charge in [0, 0.05) is 23.8 Å². The number of hydrogen-bond donors (Lipinski definition) is 0. The molecule has 4 rings (SSSR count). The van der Waals surface area contributed by atoms with Crippen LogP contribution < -0.4 is 0 Å². The van der Waals surface area contributed by atoms with Crippen molar-refractivity contribution in [3.8, 4) is 0 Å². The van der Waals surface area contributed by atoms with Crippen LogP contribution in [0.5, 0.6) is 0 Å². The van der Waals surface area contributed by atoms with Crippen LogP contribution in [-0.2, 0) is 0 Å². The molecule has 29 heavy (non-hydrogen) atoms. The van der Waals surface area contributed by atoms with Crippen molar-refractivity contribution in [2.45, 2.75) is 10.1 Å². The maximum absolute atomic E-state index is 12.4. The highest BCUT2D eigenvalue weighted by molar-refractivity contribution is 7.99. The summed E-state index contributed by atoms with van der Waals surface area (Å²) in [7, 11) is 0. The number of furan rings is 1. The van der Waals surface area contributed by atoms with Crippen LogP contribution >= 0.6 is 11.8 Å². The van der Waals surface area contributed by atoms with Crippen molar-refractivity contribution in [3.63, 3.8) is 0 Å². The Balaban J connectivity index is 1.57. The number of rotatable bonds is 6. The lowest BCUT2D eigenvalue weighted by Gasteiger charge is -2.03. The SMILES string of the molecule is O=C(/C=C/c1ccc(Sc2ncccn2)c([N+](=O)[O-])c1)c1cc2ccccc2o1.